The fourth-order valence-corrected chi connectivity index (χ4v) is 1.94. The summed E-state index contributed by atoms with van der Waals surface area (Å²) in [6, 6.07) is 5.70. The Morgan fingerprint density at radius 2 is 1.90 bits per heavy atom. The lowest BCUT2D eigenvalue weighted by Gasteiger charge is -2.21. The molecule has 4 heteroatoms. The third kappa shape index (κ3) is 4.62. The highest BCUT2D eigenvalue weighted by molar-refractivity contribution is 5.82. The first-order valence-corrected chi connectivity index (χ1v) is 7.07. The molecule has 0 aliphatic heterocycles. The number of benzene rings is 1. The largest absolute Gasteiger partial charge is 0.391 e. The normalized spacial score (nSPS) is 15.5. The molecule has 0 bridgehead atoms. The van der Waals surface area contributed by atoms with Crippen LogP contribution in [0.25, 0.3) is 0 Å². The van der Waals surface area contributed by atoms with E-state index in [2.05, 4.69) is 42.7 Å². The van der Waals surface area contributed by atoms with Gasteiger partial charge in [0.05, 0.1) is 18.2 Å². The minimum atomic E-state index is -0.557. The number of hydrogen-bond donors (Lipinski definition) is 3. The maximum absolute atomic E-state index is 12.2. The highest BCUT2D eigenvalue weighted by Gasteiger charge is 2.20. The van der Waals surface area contributed by atoms with Crippen LogP contribution in [-0.4, -0.2) is 36.2 Å². The van der Waals surface area contributed by atoms with Crippen LogP contribution in [0.2, 0.25) is 0 Å². The Bertz CT molecular complexity index is 458. The molecule has 0 spiro atoms. The van der Waals surface area contributed by atoms with Crippen molar-refractivity contribution in [2.75, 3.05) is 7.05 Å². The van der Waals surface area contributed by atoms with Crippen molar-refractivity contribution in [1.82, 2.24) is 10.6 Å². The molecule has 3 atom stereocenters. The van der Waals surface area contributed by atoms with Crippen LogP contribution < -0.4 is 10.6 Å². The number of aryl methyl sites for hydroxylation is 2. The summed E-state index contributed by atoms with van der Waals surface area (Å²) in [6.45, 7) is 7.61. The van der Waals surface area contributed by atoms with Crippen molar-refractivity contribution in [1.29, 1.82) is 0 Å². The third-order valence-electron chi connectivity index (χ3n) is 3.77. The van der Waals surface area contributed by atoms with Gasteiger partial charge in [0, 0.05) is 0 Å². The Balaban J connectivity index is 2.71. The van der Waals surface area contributed by atoms with E-state index in [0.29, 0.717) is 6.42 Å². The number of amides is 1. The van der Waals surface area contributed by atoms with Gasteiger partial charge in [-0.05, 0) is 57.9 Å². The van der Waals surface area contributed by atoms with Gasteiger partial charge in [0.2, 0.25) is 5.91 Å². The van der Waals surface area contributed by atoms with Gasteiger partial charge in [-0.1, -0.05) is 18.2 Å². The van der Waals surface area contributed by atoms with E-state index in [0.717, 1.165) is 5.56 Å². The molecule has 0 heterocycles. The first-order valence-electron chi connectivity index (χ1n) is 7.07. The van der Waals surface area contributed by atoms with Crippen molar-refractivity contribution in [3.63, 3.8) is 0 Å². The van der Waals surface area contributed by atoms with E-state index in [1.54, 1.807) is 20.9 Å². The maximum Gasteiger partial charge on any atom is 0.237 e. The molecule has 3 N–H and O–H groups in total. The summed E-state index contributed by atoms with van der Waals surface area (Å²) in [5, 5.41) is 15.3. The summed E-state index contributed by atoms with van der Waals surface area (Å²) in [7, 11) is 1.78. The third-order valence-corrected chi connectivity index (χ3v) is 3.77. The SMILES string of the molecule is CNC(Cc1ccc(C)c(C)c1)C(=O)NC(C)C(C)O. The van der Waals surface area contributed by atoms with Crippen LogP contribution in [0.5, 0.6) is 0 Å². The lowest BCUT2D eigenvalue weighted by molar-refractivity contribution is -0.124. The van der Waals surface area contributed by atoms with Crippen molar-refractivity contribution in [3.8, 4) is 0 Å². The van der Waals surface area contributed by atoms with E-state index >= 15 is 0 Å². The van der Waals surface area contributed by atoms with Crippen LogP contribution in [0, 0.1) is 13.8 Å². The summed E-state index contributed by atoms with van der Waals surface area (Å²) < 4.78 is 0. The summed E-state index contributed by atoms with van der Waals surface area (Å²) in [6.07, 6.45) is 0.0776. The second-order valence-corrected chi connectivity index (χ2v) is 5.50. The Morgan fingerprint density at radius 3 is 2.40 bits per heavy atom. The van der Waals surface area contributed by atoms with E-state index in [4.69, 9.17) is 0 Å². The molecular weight excluding hydrogens is 252 g/mol. The number of nitrogens with one attached hydrogen (secondary N) is 2. The van der Waals surface area contributed by atoms with Gasteiger partial charge in [0.25, 0.3) is 0 Å². The van der Waals surface area contributed by atoms with Crippen molar-refractivity contribution in [3.05, 3.63) is 34.9 Å². The predicted molar refractivity (Wildman–Crippen MR) is 81.8 cm³/mol. The second kappa shape index (κ2) is 7.41. The molecule has 1 amide bonds. The number of hydrogen-bond acceptors (Lipinski definition) is 3. The van der Waals surface area contributed by atoms with Gasteiger partial charge in [-0.15, -0.1) is 0 Å². The number of carbonyl (C=O) groups excluding carboxylic acids is 1. The lowest BCUT2D eigenvalue weighted by Crippen LogP contribution is -2.49. The monoisotopic (exact) mass is 278 g/mol. The molecule has 1 rings (SSSR count). The van der Waals surface area contributed by atoms with Crippen LogP contribution in [0.4, 0.5) is 0 Å². The Hall–Kier alpha value is -1.39. The molecule has 0 saturated heterocycles. The van der Waals surface area contributed by atoms with Crippen molar-refractivity contribution < 1.29 is 9.90 Å². The number of rotatable bonds is 6. The molecule has 0 saturated carbocycles. The molecule has 0 radical (unpaired) electrons. The van der Waals surface area contributed by atoms with Crippen LogP contribution in [0.3, 0.4) is 0 Å². The zero-order chi connectivity index (χ0) is 15.3. The molecule has 20 heavy (non-hydrogen) atoms. The molecule has 0 aromatic heterocycles. The summed E-state index contributed by atoms with van der Waals surface area (Å²) >= 11 is 0. The zero-order valence-electron chi connectivity index (χ0n) is 13.0. The van der Waals surface area contributed by atoms with E-state index < -0.39 is 6.10 Å². The summed E-state index contributed by atoms with van der Waals surface area (Å²) in [4.78, 5) is 12.2. The van der Waals surface area contributed by atoms with Gasteiger partial charge in [-0.25, -0.2) is 0 Å². The lowest BCUT2D eigenvalue weighted by atomic mass is 10.0. The summed E-state index contributed by atoms with van der Waals surface area (Å²) in [5.41, 5.74) is 3.62. The first kappa shape index (κ1) is 16.7. The number of carbonyl (C=O) groups is 1. The fraction of sp³-hybridized carbons (Fsp3) is 0.562. The van der Waals surface area contributed by atoms with Crippen molar-refractivity contribution in [2.45, 2.75) is 52.3 Å². The Morgan fingerprint density at radius 1 is 1.25 bits per heavy atom. The molecule has 4 nitrogen and oxygen atoms in total. The highest BCUT2D eigenvalue weighted by atomic mass is 16.3. The standard InChI is InChI=1S/C16H26N2O2/c1-10-6-7-14(8-11(10)2)9-15(17-5)16(20)18-12(3)13(4)19/h6-8,12-13,15,17,19H,9H2,1-5H3,(H,18,20). The highest BCUT2D eigenvalue weighted by Crippen LogP contribution is 2.11. The Kier molecular flexibility index (Phi) is 6.17. The maximum atomic E-state index is 12.2. The first-order chi connectivity index (χ1) is 9.35. The van der Waals surface area contributed by atoms with E-state index in [9.17, 15) is 9.90 Å². The molecule has 0 fully saturated rings. The summed E-state index contributed by atoms with van der Waals surface area (Å²) in [5.74, 6) is -0.0841. The van der Waals surface area contributed by atoms with Gasteiger partial charge in [-0.3, -0.25) is 4.79 Å². The molecular formula is C16H26N2O2. The van der Waals surface area contributed by atoms with Crippen LogP contribution in [-0.2, 0) is 11.2 Å². The smallest absolute Gasteiger partial charge is 0.237 e. The predicted octanol–water partition coefficient (Wildman–Crippen LogP) is 1.32. The van der Waals surface area contributed by atoms with Crippen molar-refractivity contribution >= 4 is 5.91 Å². The van der Waals surface area contributed by atoms with Crippen LogP contribution in [0.15, 0.2) is 18.2 Å². The topological polar surface area (TPSA) is 61.4 Å². The minimum absolute atomic E-state index is 0.0841. The van der Waals surface area contributed by atoms with Gasteiger partial charge in [0.1, 0.15) is 0 Å². The quantitative estimate of drug-likeness (QED) is 0.735. The fourth-order valence-electron chi connectivity index (χ4n) is 1.94. The van der Waals surface area contributed by atoms with Gasteiger partial charge in [0.15, 0.2) is 0 Å². The Labute approximate surface area is 121 Å². The number of aliphatic hydroxyl groups excluding tert-OH is 1. The molecule has 0 aliphatic rings. The van der Waals surface area contributed by atoms with Crippen LogP contribution >= 0.6 is 0 Å². The van der Waals surface area contributed by atoms with E-state index in [1.807, 2.05) is 0 Å². The zero-order valence-corrected chi connectivity index (χ0v) is 13.0. The molecule has 112 valence electrons. The van der Waals surface area contributed by atoms with Gasteiger partial charge >= 0.3 is 0 Å². The average molecular weight is 278 g/mol. The molecule has 3 unspecified atom stereocenters. The molecule has 1 aromatic rings. The molecule has 0 aliphatic carbocycles. The second-order valence-electron chi connectivity index (χ2n) is 5.50. The number of likely N-dealkylation sites (N-methyl/N-ethyl adjacent to an activating group) is 1. The van der Waals surface area contributed by atoms with E-state index in [1.165, 1.54) is 11.1 Å². The number of aliphatic hydroxyl groups is 1. The van der Waals surface area contributed by atoms with E-state index in [-0.39, 0.29) is 18.0 Å². The van der Waals surface area contributed by atoms with Crippen LogP contribution in [0.1, 0.15) is 30.5 Å². The van der Waals surface area contributed by atoms with Gasteiger partial charge < -0.3 is 15.7 Å². The van der Waals surface area contributed by atoms with Gasteiger partial charge in [-0.2, -0.15) is 0 Å². The molecule has 1 aromatic carbocycles. The minimum Gasteiger partial charge on any atom is -0.391 e. The average Bonchev–Trinajstić information content (AvgIpc) is 2.39. The van der Waals surface area contributed by atoms with Crippen molar-refractivity contribution in [2.24, 2.45) is 0 Å².